The third-order valence-electron chi connectivity index (χ3n) is 3.45. The Labute approximate surface area is 104 Å². The third kappa shape index (κ3) is 3.22. The molecule has 1 aromatic rings. The quantitative estimate of drug-likeness (QED) is 0.864. The molecule has 0 spiro atoms. The molecule has 2 heteroatoms. The van der Waals surface area contributed by atoms with Crippen molar-refractivity contribution in [2.75, 3.05) is 13.1 Å². The van der Waals surface area contributed by atoms with Gasteiger partial charge in [0, 0.05) is 6.54 Å². The molecule has 1 aromatic carbocycles. The maximum atomic E-state index is 6.17. The molecule has 1 aliphatic rings. The monoisotopic (exact) mass is 233 g/mol. The summed E-state index contributed by atoms with van der Waals surface area (Å²) in [7, 11) is 0. The van der Waals surface area contributed by atoms with Crippen LogP contribution in [-0.2, 0) is 0 Å². The van der Waals surface area contributed by atoms with Gasteiger partial charge >= 0.3 is 0 Å². The minimum absolute atomic E-state index is 0.0478. The lowest BCUT2D eigenvalue weighted by molar-refractivity contribution is 0.0614. The van der Waals surface area contributed by atoms with Crippen molar-refractivity contribution < 1.29 is 4.74 Å². The fourth-order valence-electron chi connectivity index (χ4n) is 2.34. The van der Waals surface area contributed by atoms with E-state index in [0.29, 0.717) is 5.92 Å². The normalized spacial score (nSPS) is 24.9. The molecular formula is C15H23NO. The summed E-state index contributed by atoms with van der Waals surface area (Å²) in [4.78, 5) is 0. The van der Waals surface area contributed by atoms with Crippen molar-refractivity contribution in [2.24, 2.45) is 0 Å². The first-order chi connectivity index (χ1) is 8.09. The summed E-state index contributed by atoms with van der Waals surface area (Å²) < 4.78 is 6.17. The number of rotatable bonds is 3. The second kappa shape index (κ2) is 5.09. The van der Waals surface area contributed by atoms with E-state index >= 15 is 0 Å². The summed E-state index contributed by atoms with van der Waals surface area (Å²) >= 11 is 0. The largest absolute Gasteiger partial charge is 0.486 e. The number of hydrogen-bond donors (Lipinski definition) is 1. The van der Waals surface area contributed by atoms with Crippen molar-refractivity contribution >= 4 is 0 Å². The molecule has 1 heterocycles. The fourth-order valence-corrected chi connectivity index (χ4v) is 2.34. The molecule has 94 valence electrons. The van der Waals surface area contributed by atoms with Crippen molar-refractivity contribution in [1.82, 2.24) is 5.32 Å². The first-order valence-electron chi connectivity index (χ1n) is 6.59. The molecule has 2 nitrogen and oxygen atoms in total. The summed E-state index contributed by atoms with van der Waals surface area (Å²) in [5.74, 6) is 1.55. The summed E-state index contributed by atoms with van der Waals surface area (Å²) in [5, 5.41) is 3.41. The molecule has 1 saturated heterocycles. The van der Waals surface area contributed by atoms with Crippen LogP contribution in [0.1, 0.15) is 45.1 Å². The Morgan fingerprint density at radius 3 is 2.82 bits per heavy atom. The van der Waals surface area contributed by atoms with Crippen LogP contribution in [0.3, 0.4) is 0 Å². The minimum Gasteiger partial charge on any atom is -0.486 e. The predicted molar refractivity (Wildman–Crippen MR) is 71.7 cm³/mol. The van der Waals surface area contributed by atoms with Crippen molar-refractivity contribution in [3.8, 4) is 5.75 Å². The molecule has 1 aliphatic heterocycles. The van der Waals surface area contributed by atoms with Crippen molar-refractivity contribution in [2.45, 2.75) is 45.1 Å². The van der Waals surface area contributed by atoms with Crippen LogP contribution < -0.4 is 10.1 Å². The highest BCUT2D eigenvalue weighted by atomic mass is 16.5. The van der Waals surface area contributed by atoms with Gasteiger partial charge in [0.15, 0.2) is 0 Å². The molecule has 1 unspecified atom stereocenters. The van der Waals surface area contributed by atoms with Gasteiger partial charge in [0.05, 0.1) is 0 Å². The lowest BCUT2D eigenvalue weighted by atomic mass is 9.96. The van der Waals surface area contributed by atoms with Gasteiger partial charge in [-0.2, -0.15) is 0 Å². The lowest BCUT2D eigenvalue weighted by Crippen LogP contribution is -2.47. The van der Waals surface area contributed by atoms with Crippen LogP contribution in [-0.4, -0.2) is 18.7 Å². The van der Waals surface area contributed by atoms with Gasteiger partial charge in [0.2, 0.25) is 0 Å². The van der Waals surface area contributed by atoms with E-state index in [1.54, 1.807) is 0 Å². The molecule has 0 aliphatic carbocycles. The van der Waals surface area contributed by atoms with Gasteiger partial charge in [-0.1, -0.05) is 26.0 Å². The summed E-state index contributed by atoms with van der Waals surface area (Å²) in [5.41, 5.74) is 1.29. The van der Waals surface area contributed by atoms with Gasteiger partial charge in [-0.05, 0) is 49.9 Å². The number of benzene rings is 1. The Morgan fingerprint density at radius 2 is 2.18 bits per heavy atom. The van der Waals surface area contributed by atoms with Crippen LogP contribution in [0.25, 0.3) is 0 Å². The van der Waals surface area contributed by atoms with E-state index < -0.39 is 0 Å². The summed E-state index contributed by atoms with van der Waals surface area (Å²) in [6, 6.07) is 8.49. The molecule has 0 amide bonds. The van der Waals surface area contributed by atoms with E-state index in [1.165, 1.54) is 12.0 Å². The lowest BCUT2D eigenvalue weighted by Gasteiger charge is -2.34. The van der Waals surface area contributed by atoms with Gasteiger partial charge in [-0.15, -0.1) is 0 Å². The Morgan fingerprint density at radius 1 is 1.35 bits per heavy atom. The Kier molecular flexibility index (Phi) is 3.72. The highest BCUT2D eigenvalue weighted by Crippen LogP contribution is 2.26. The highest BCUT2D eigenvalue weighted by molar-refractivity contribution is 5.30. The van der Waals surface area contributed by atoms with Gasteiger partial charge in [0.25, 0.3) is 0 Å². The maximum absolute atomic E-state index is 6.17. The van der Waals surface area contributed by atoms with E-state index in [1.807, 2.05) is 0 Å². The van der Waals surface area contributed by atoms with Crippen molar-refractivity contribution in [1.29, 1.82) is 0 Å². The number of ether oxygens (including phenoxy) is 1. The van der Waals surface area contributed by atoms with E-state index in [4.69, 9.17) is 4.74 Å². The molecule has 0 bridgehead atoms. The van der Waals surface area contributed by atoms with E-state index in [0.717, 1.165) is 25.3 Å². The Hall–Kier alpha value is -1.02. The molecule has 17 heavy (non-hydrogen) atoms. The topological polar surface area (TPSA) is 21.3 Å². The van der Waals surface area contributed by atoms with Crippen molar-refractivity contribution in [3.05, 3.63) is 29.8 Å². The molecule has 1 fully saturated rings. The average molecular weight is 233 g/mol. The van der Waals surface area contributed by atoms with Crippen LogP contribution in [0.4, 0.5) is 0 Å². The average Bonchev–Trinajstić information content (AvgIpc) is 2.29. The van der Waals surface area contributed by atoms with E-state index in [-0.39, 0.29) is 5.60 Å². The Bertz CT molecular complexity index is 367. The summed E-state index contributed by atoms with van der Waals surface area (Å²) in [6.07, 6.45) is 2.33. The maximum Gasteiger partial charge on any atom is 0.120 e. The summed E-state index contributed by atoms with van der Waals surface area (Å²) in [6.45, 7) is 8.68. The molecule has 0 aromatic heterocycles. The number of nitrogens with one attached hydrogen (secondary N) is 1. The molecule has 1 N–H and O–H groups in total. The number of hydrogen-bond acceptors (Lipinski definition) is 2. The SMILES string of the molecule is CC(C)c1cccc(OC2(C)CCCNC2)c1. The van der Waals surface area contributed by atoms with Crippen LogP contribution in [0.2, 0.25) is 0 Å². The second-order valence-electron chi connectivity index (χ2n) is 5.56. The zero-order valence-electron chi connectivity index (χ0n) is 11.1. The molecule has 0 saturated carbocycles. The van der Waals surface area contributed by atoms with Crippen LogP contribution >= 0.6 is 0 Å². The van der Waals surface area contributed by atoms with E-state index in [2.05, 4.69) is 50.4 Å². The standard InChI is InChI=1S/C15H23NO/c1-12(2)13-6-4-7-14(10-13)17-15(3)8-5-9-16-11-15/h4,6-7,10,12,16H,5,8-9,11H2,1-3H3. The van der Waals surface area contributed by atoms with Gasteiger partial charge in [0.1, 0.15) is 11.4 Å². The van der Waals surface area contributed by atoms with Gasteiger partial charge < -0.3 is 10.1 Å². The molecule has 1 atom stereocenters. The van der Waals surface area contributed by atoms with Crippen LogP contribution in [0.5, 0.6) is 5.75 Å². The number of piperidine rings is 1. The smallest absolute Gasteiger partial charge is 0.120 e. The Balaban J connectivity index is 2.09. The highest BCUT2D eigenvalue weighted by Gasteiger charge is 2.28. The fraction of sp³-hybridized carbons (Fsp3) is 0.600. The van der Waals surface area contributed by atoms with Crippen LogP contribution in [0.15, 0.2) is 24.3 Å². The second-order valence-corrected chi connectivity index (χ2v) is 5.56. The molecule has 2 rings (SSSR count). The van der Waals surface area contributed by atoms with E-state index in [9.17, 15) is 0 Å². The van der Waals surface area contributed by atoms with Gasteiger partial charge in [-0.25, -0.2) is 0 Å². The van der Waals surface area contributed by atoms with Crippen molar-refractivity contribution in [3.63, 3.8) is 0 Å². The van der Waals surface area contributed by atoms with Crippen LogP contribution in [0, 0.1) is 0 Å². The minimum atomic E-state index is -0.0478. The molecular weight excluding hydrogens is 210 g/mol. The third-order valence-corrected chi connectivity index (χ3v) is 3.45. The zero-order chi connectivity index (χ0) is 12.3. The predicted octanol–water partition coefficient (Wildman–Crippen LogP) is 3.33. The van der Waals surface area contributed by atoms with Gasteiger partial charge in [-0.3, -0.25) is 0 Å². The molecule has 0 radical (unpaired) electrons. The zero-order valence-corrected chi connectivity index (χ0v) is 11.1. The first-order valence-corrected chi connectivity index (χ1v) is 6.59. The first kappa shape index (κ1) is 12.4.